The lowest BCUT2D eigenvalue weighted by Crippen LogP contribution is -2.39. The van der Waals surface area contributed by atoms with E-state index in [1.807, 2.05) is 18.0 Å². The summed E-state index contributed by atoms with van der Waals surface area (Å²) in [6, 6.07) is 2.32. The van der Waals surface area contributed by atoms with Gasteiger partial charge in [0.05, 0.1) is 8.66 Å². The first kappa shape index (κ1) is 15.5. The Morgan fingerprint density at radius 1 is 1.37 bits per heavy atom. The molecule has 2 rings (SSSR count). The lowest BCUT2D eigenvalue weighted by Gasteiger charge is -2.34. The van der Waals surface area contributed by atoms with Gasteiger partial charge in [-0.2, -0.15) is 0 Å². The van der Waals surface area contributed by atoms with E-state index in [1.165, 1.54) is 30.6 Å². The van der Waals surface area contributed by atoms with Gasteiger partial charge in [0.2, 0.25) is 0 Å². The van der Waals surface area contributed by atoms with Crippen molar-refractivity contribution in [3.05, 3.63) is 19.2 Å². The highest BCUT2D eigenvalue weighted by Gasteiger charge is 2.27. The first-order chi connectivity index (χ1) is 9.02. The zero-order valence-electron chi connectivity index (χ0n) is 11.3. The fourth-order valence-electron chi connectivity index (χ4n) is 2.73. The van der Waals surface area contributed by atoms with Crippen molar-refractivity contribution < 1.29 is 4.79 Å². The summed E-state index contributed by atoms with van der Waals surface area (Å²) in [6.45, 7) is 2.26. The Morgan fingerprint density at radius 3 is 2.47 bits per heavy atom. The lowest BCUT2D eigenvalue weighted by molar-refractivity contribution is 0.0679. The van der Waals surface area contributed by atoms with Crippen molar-refractivity contribution in [1.82, 2.24) is 4.90 Å². The summed E-state index contributed by atoms with van der Waals surface area (Å²) in [7, 11) is 1.95. The molecule has 0 unspecified atom stereocenters. The average Bonchev–Trinajstić information content (AvgIpc) is 2.77. The Balaban J connectivity index is 2.00. The van der Waals surface area contributed by atoms with Gasteiger partial charge in [-0.05, 0) is 69.5 Å². The molecule has 0 atom stereocenters. The standard InChI is InChI=1S/C14H19Br2NOS/c1-3-9-4-6-10(7-5-9)17(2)14(18)12-8-11(15)13(16)19-12/h8-10H,3-7H2,1-2H3. The van der Waals surface area contributed by atoms with Crippen LogP contribution in [0.4, 0.5) is 0 Å². The topological polar surface area (TPSA) is 20.3 Å². The molecule has 0 aliphatic heterocycles. The third-order valence-corrected chi connectivity index (χ3v) is 7.36. The van der Waals surface area contributed by atoms with E-state index in [-0.39, 0.29) is 5.91 Å². The lowest BCUT2D eigenvalue weighted by atomic mass is 9.84. The zero-order valence-corrected chi connectivity index (χ0v) is 15.3. The maximum Gasteiger partial charge on any atom is 0.263 e. The van der Waals surface area contributed by atoms with Crippen LogP contribution in [-0.4, -0.2) is 23.9 Å². The summed E-state index contributed by atoms with van der Waals surface area (Å²) in [5.41, 5.74) is 0. The van der Waals surface area contributed by atoms with E-state index in [0.29, 0.717) is 6.04 Å². The van der Waals surface area contributed by atoms with Crippen LogP contribution in [-0.2, 0) is 0 Å². The predicted octanol–water partition coefficient (Wildman–Crippen LogP) is 5.31. The van der Waals surface area contributed by atoms with E-state index in [4.69, 9.17) is 0 Å². The summed E-state index contributed by atoms with van der Waals surface area (Å²) in [5, 5.41) is 0. The van der Waals surface area contributed by atoms with Crippen molar-refractivity contribution in [2.75, 3.05) is 7.05 Å². The minimum atomic E-state index is 0.149. The number of carbonyl (C=O) groups excluding carboxylic acids is 1. The van der Waals surface area contributed by atoms with E-state index in [0.717, 1.165) is 31.9 Å². The average molecular weight is 409 g/mol. The van der Waals surface area contributed by atoms with Crippen molar-refractivity contribution in [2.24, 2.45) is 5.92 Å². The van der Waals surface area contributed by atoms with E-state index < -0.39 is 0 Å². The van der Waals surface area contributed by atoms with Gasteiger partial charge in [0, 0.05) is 17.6 Å². The highest BCUT2D eigenvalue weighted by atomic mass is 79.9. The Kier molecular flexibility index (Phi) is 5.49. The number of nitrogens with zero attached hydrogens (tertiary/aromatic N) is 1. The Bertz CT molecular complexity index is 433. The molecule has 1 aromatic rings. The van der Waals surface area contributed by atoms with Crippen LogP contribution in [0.15, 0.2) is 14.3 Å². The van der Waals surface area contributed by atoms with Crippen LogP contribution < -0.4 is 0 Å². The van der Waals surface area contributed by atoms with Crippen molar-refractivity contribution in [2.45, 2.75) is 45.1 Å². The van der Waals surface area contributed by atoms with Gasteiger partial charge >= 0.3 is 0 Å². The van der Waals surface area contributed by atoms with Gasteiger partial charge in [0.25, 0.3) is 5.91 Å². The fourth-order valence-corrected chi connectivity index (χ4v) is 4.75. The van der Waals surface area contributed by atoms with Gasteiger partial charge in [-0.15, -0.1) is 11.3 Å². The number of rotatable bonds is 3. The molecular weight excluding hydrogens is 390 g/mol. The second kappa shape index (κ2) is 6.72. The normalized spacial score (nSPS) is 23.4. The predicted molar refractivity (Wildman–Crippen MR) is 87.8 cm³/mol. The third kappa shape index (κ3) is 3.61. The monoisotopic (exact) mass is 407 g/mol. The Labute approximate surface area is 135 Å². The van der Waals surface area contributed by atoms with Crippen molar-refractivity contribution in [3.8, 4) is 0 Å². The smallest absolute Gasteiger partial charge is 0.263 e. The largest absolute Gasteiger partial charge is 0.338 e. The molecule has 1 amide bonds. The molecule has 0 radical (unpaired) electrons. The van der Waals surface area contributed by atoms with Gasteiger partial charge < -0.3 is 4.90 Å². The summed E-state index contributed by atoms with van der Waals surface area (Å²) in [5.74, 6) is 1.01. The molecule has 0 aromatic carbocycles. The van der Waals surface area contributed by atoms with Crippen LogP contribution in [0.3, 0.4) is 0 Å². The molecule has 0 spiro atoms. The van der Waals surface area contributed by atoms with Crippen LogP contribution in [0, 0.1) is 5.92 Å². The van der Waals surface area contributed by atoms with Gasteiger partial charge in [-0.25, -0.2) is 0 Å². The number of thiophene rings is 1. The molecule has 5 heteroatoms. The molecule has 1 heterocycles. The molecule has 0 saturated heterocycles. The van der Waals surface area contributed by atoms with Crippen LogP contribution >= 0.6 is 43.2 Å². The van der Waals surface area contributed by atoms with E-state index >= 15 is 0 Å². The summed E-state index contributed by atoms with van der Waals surface area (Å²) < 4.78 is 1.95. The third-order valence-electron chi connectivity index (χ3n) is 4.12. The number of halogens is 2. The van der Waals surface area contributed by atoms with E-state index in [1.54, 1.807) is 0 Å². The number of hydrogen-bond acceptors (Lipinski definition) is 2. The Hall–Kier alpha value is 0.130. The minimum Gasteiger partial charge on any atom is -0.338 e. The van der Waals surface area contributed by atoms with Crippen molar-refractivity contribution in [1.29, 1.82) is 0 Å². The maximum absolute atomic E-state index is 12.5. The summed E-state index contributed by atoms with van der Waals surface area (Å²) >= 11 is 8.39. The SMILES string of the molecule is CCC1CCC(N(C)C(=O)c2cc(Br)c(Br)s2)CC1. The number of hydrogen-bond donors (Lipinski definition) is 0. The van der Waals surface area contributed by atoms with Crippen LogP contribution in [0.5, 0.6) is 0 Å². The first-order valence-corrected chi connectivity index (χ1v) is 9.15. The molecule has 0 N–H and O–H groups in total. The highest BCUT2D eigenvalue weighted by molar-refractivity contribution is 9.13. The maximum atomic E-state index is 12.5. The Morgan fingerprint density at radius 2 is 2.00 bits per heavy atom. The van der Waals surface area contributed by atoms with Crippen molar-refractivity contribution in [3.63, 3.8) is 0 Å². The number of carbonyl (C=O) groups is 1. The van der Waals surface area contributed by atoms with E-state index in [9.17, 15) is 4.79 Å². The molecule has 1 aliphatic rings. The van der Waals surface area contributed by atoms with Crippen molar-refractivity contribution >= 4 is 49.1 Å². The minimum absolute atomic E-state index is 0.149. The molecule has 19 heavy (non-hydrogen) atoms. The highest BCUT2D eigenvalue weighted by Crippen LogP contribution is 2.34. The van der Waals surface area contributed by atoms with Gasteiger partial charge in [-0.1, -0.05) is 13.3 Å². The quantitative estimate of drug-likeness (QED) is 0.663. The molecule has 1 fully saturated rings. The molecule has 2 nitrogen and oxygen atoms in total. The molecule has 0 bridgehead atoms. The van der Waals surface area contributed by atoms with Crippen LogP contribution in [0.2, 0.25) is 0 Å². The molecule has 1 saturated carbocycles. The molecule has 1 aromatic heterocycles. The van der Waals surface area contributed by atoms with Gasteiger partial charge in [0.1, 0.15) is 0 Å². The van der Waals surface area contributed by atoms with Gasteiger partial charge in [0.15, 0.2) is 0 Å². The first-order valence-electron chi connectivity index (χ1n) is 6.75. The fraction of sp³-hybridized carbons (Fsp3) is 0.643. The number of amides is 1. The molecule has 1 aliphatic carbocycles. The van der Waals surface area contributed by atoms with Crippen LogP contribution in [0.1, 0.15) is 48.7 Å². The van der Waals surface area contributed by atoms with Gasteiger partial charge in [-0.3, -0.25) is 4.79 Å². The zero-order chi connectivity index (χ0) is 14.0. The molecular formula is C14H19Br2NOS. The second-order valence-corrected chi connectivity index (χ2v) is 8.46. The second-order valence-electron chi connectivity index (χ2n) is 5.23. The van der Waals surface area contributed by atoms with E-state index in [2.05, 4.69) is 38.8 Å². The van der Waals surface area contributed by atoms with Crippen LogP contribution in [0.25, 0.3) is 0 Å². The summed E-state index contributed by atoms with van der Waals surface area (Å²) in [4.78, 5) is 15.2. The summed E-state index contributed by atoms with van der Waals surface area (Å²) in [6.07, 6.45) is 6.09. The molecule has 106 valence electrons.